The normalized spacial score (nSPS) is 17.3. The second kappa shape index (κ2) is 3.44. The van der Waals surface area contributed by atoms with Crippen molar-refractivity contribution in [2.24, 2.45) is 0 Å². The predicted molar refractivity (Wildman–Crippen MR) is 52.3 cm³/mol. The average Bonchev–Trinajstić information content (AvgIpc) is 2.28. The van der Waals surface area contributed by atoms with E-state index < -0.39 is 5.97 Å². The summed E-state index contributed by atoms with van der Waals surface area (Å²) < 4.78 is 15.9. The molecular formula is C11H12O3. The summed E-state index contributed by atoms with van der Waals surface area (Å²) in [6, 6.07) is 7.80. The Hall–Kier alpha value is -1.32. The maximum Gasteiger partial charge on any atom is 0.355 e. The number of benzene rings is 1. The summed E-state index contributed by atoms with van der Waals surface area (Å²) in [5.74, 6) is -1.09. The molecule has 1 aliphatic rings. The van der Waals surface area contributed by atoms with Gasteiger partial charge in [-0.25, -0.2) is 0 Å². The lowest BCUT2D eigenvalue weighted by Gasteiger charge is -2.32. The molecule has 0 radical (unpaired) electrons. The van der Waals surface area contributed by atoms with Gasteiger partial charge in [-0.1, -0.05) is 18.2 Å². The van der Waals surface area contributed by atoms with Crippen molar-refractivity contribution >= 4 is 6.08 Å². The molecule has 2 rings (SSSR count). The lowest BCUT2D eigenvalue weighted by molar-refractivity contribution is -0.354. The Bertz CT molecular complexity index is 353. The molecule has 3 heteroatoms. The van der Waals surface area contributed by atoms with Crippen LogP contribution in [-0.4, -0.2) is 14.2 Å². The zero-order chi connectivity index (χ0) is 10.0. The number of fused-ring (bicyclic) bond motifs is 1. The van der Waals surface area contributed by atoms with E-state index in [1.165, 1.54) is 0 Å². The van der Waals surface area contributed by atoms with Crippen LogP contribution in [0, 0.1) is 0 Å². The van der Waals surface area contributed by atoms with E-state index in [1.54, 1.807) is 20.5 Å². The average molecular weight is 192 g/mol. The molecule has 1 heterocycles. The number of rotatable bonds is 2. The van der Waals surface area contributed by atoms with Crippen LogP contribution in [0.4, 0.5) is 0 Å². The minimum atomic E-state index is -1.09. The number of hydrogen-bond acceptors (Lipinski definition) is 3. The highest BCUT2D eigenvalue weighted by molar-refractivity contribution is 5.55. The number of ether oxygens (including phenoxy) is 3. The first-order chi connectivity index (χ1) is 6.82. The Morgan fingerprint density at radius 2 is 1.86 bits per heavy atom. The van der Waals surface area contributed by atoms with E-state index in [1.807, 2.05) is 30.3 Å². The van der Waals surface area contributed by atoms with Crippen molar-refractivity contribution in [1.82, 2.24) is 0 Å². The molecule has 0 unspecified atom stereocenters. The molecule has 0 atom stereocenters. The highest BCUT2D eigenvalue weighted by Crippen LogP contribution is 2.34. The molecule has 14 heavy (non-hydrogen) atoms. The molecule has 0 aromatic heterocycles. The van der Waals surface area contributed by atoms with Gasteiger partial charge in [0.2, 0.25) is 0 Å². The number of methoxy groups -OCH3 is 2. The van der Waals surface area contributed by atoms with E-state index in [0.717, 1.165) is 11.1 Å². The summed E-state index contributed by atoms with van der Waals surface area (Å²) in [6.07, 6.45) is 3.46. The molecule has 0 spiro atoms. The fraction of sp³-hybridized carbons (Fsp3) is 0.273. The summed E-state index contributed by atoms with van der Waals surface area (Å²) in [4.78, 5) is 0. The molecular weight excluding hydrogens is 180 g/mol. The maximum atomic E-state index is 5.37. The Balaban J connectivity index is 2.54. The van der Waals surface area contributed by atoms with E-state index in [4.69, 9.17) is 14.2 Å². The first kappa shape index (κ1) is 9.24. The molecule has 1 aromatic carbocycles. The van der Waals surface area contributed by atoms with E-state index in [0.29, 0.717) is 0 Å². The molecule has 0 saturated heterocycles. The molecule has 74 valence electrons. The van der Waals surface area contributed by atoms with Crippen molar-refractivity contribution in [3.05, 3.63) is 41.7 Å². The lowest BCUT2D eigenvalue weighted by Crippen LogP contribution is -2.34. The molecule has 0 aliphatic carbocycles. The van der Waals surface area contributed by atoms with Gasteiger partial charge in [0.05, 0.1) is 11.8 Å². The zero-order valence-corrected chi connectivity index (χ0v) is 8.19. The summed E-state index contributed by atoms with van der Waals surface area (Å²) in [6.45, 7) is 0. The van der Waals surface area contributed by atoms with Gasteiger partial charge in [0.25, 0.3) is 0 Å². The van der Waals surface area contributed by atoms with Crippen LogP contribution in [0.25, 0.3) is 6.08 Å². The van der Waals surface area contributed by atoms with Crippen LogP contribution in [0.3, 0.4) is 0 Å². The lowest BCUT2D eigenvalue weighted by atomic mass is 10.0. The molecule has 1 aromatic rings. The predicted octanol–water partition coefficient (Wildman–Crippen LogP) is 2.09. The van der Waals surface area contributed by atoms with Gasteiger partial charge in [-0.05, 0) is 17.7 Å². The van der Waals surface area contributed by atoms with Gasteiger partial charge < -0.3 is 14.2 Å². The van der Waals surface area contributed by atoms with Crippen molar-refractivity contribution in [2.75, 3.05) is 14.2 Å². The molecule has 0 N–H and O–H groups in total. The van der Waals surface area contributed by atoms with Crippen LogP contribution in [-0.2, 0) is 20.2 Å². The first-order valence-corrected chi connectivity index (χ1v) is 4.36. The van der Waals surface area contributed by atoms with Crippen LogP contribution < -0.4 is 0 Å². The third-order valence-electron chi connectivity index (χ3n) is 2.30. The fourth-order valence-electron chi connectivity index (χ4n) is 1.58. The third kappa shape index (κ3) is 1.22. The number of hydrogen-bond donors (Lipinski definition) is 0. The van der Waals surface area contributed by atoms with Gasteiger partial charge in [-0.2, -0.15) is 0 Å². The molecule has 3 nitrogen and oxygen atoms in total. The highest BCUT2D eigenvalue weighted by Gasteiger charge is 2.37. The van der Waals surface area contributed by atoms with E-state index in [-0.39, 0.29) is 0 Å². The smallest absolute Gasteiger partial charge is 0.355 e. The second-order valence-corrected chi connectivity index (χ2v) is 2.97. The minimum absolute atomic E-state index is 0.882. The molecule has 0 bridgehead atoms. The van der Waals surface area contributed by atoms with Crippen LogP contribution >= 0.6 is 0 Å². The first-order valence-electron chi connectivity index (χ1n) is 4.36. The van der Waals surface area contributed by atoms with Gasteiger partial charge >= 0.3 is 5.97 Å². The van der Waals surface area contributed by atoms with Crippen LogP contribution in [0.2, 0.25) is 0 Å². The van der Waals surface area contributed by atoms with Crippen LogP contribution in [0.5, 0.6) is 0 Å². The maximum absolute atomic E-state index is 5.37. The molecule has 0 amide bonds. The van der Waals surface area contributed by atoms with Gasteiger partial charge in [-0.15, -0.1) is 0 Å². The Morgan fingerprint density at radius 1 is 1.14 bits per heavy atom. The molecule has 0 fully saturated rings. The van der Waals surface area contributed by atoms with Gasteiger partial charge in [-0.3, -0.25) is 0 Å². The van der Waals surface area contributed by atoms with Crippen molar-refractivity contribution < 1.29 is 14.2 Å². The van der Waals surface area contributed by atoms with Crippen molar-refractivity contribution in [3.8, 4) is 0 Å². The van der Waals surface area contributed by atoms with E-state index in [2.05, 4.69) is 0 Å². The van der Waals surface area contributed by atoms with Gasteiger partial charge in [0.1, 0.15) is 0 Å². The monoisotopic (exact) mass is 192 g/mol. The summed E-state index contributed by atoms with van der Waals surface area (Å²) in [5.41, 5.74) is 1.93. The quantitative estimate of drug-likeness (QED) is 0.671. The van der Waals surface area contributed by atoms with Crippen molar-refractivity contribution in [3.63, 3.8) is 0 Å². The Morgan fingerprint density at radius 3 is 2.57 bits per heavy atom. The van der Waals surface area contributed by atoms with Gasteiger partial charge in [0.15, 0.2) is 0 Å². The standard InChI is InChI=1S/C11H12O3/c1-12-11(13-2)10-6-4-3-5-9(10)7-8-14-11/h3-8H,1-2H3. The van der Waals surface area contributed by atoms with Gasteiger partial charge in [0, 0.05) is 14.2 Å². The zero-order valence-electron chi connectivity index (χ0n) is 8.19. The van der Waals surface area contributed by atoms with Crippen molar-refractivity contribution in [2.45, 2.75) is 5.97 Å². The Labute approximate surface area is 82.9 Å². The second-order valence-electron chi connectivity index (χ2n) is 2.97. The third-order valence-corrected chi connectivity index (χ3v) is 2.30. The topological polar surface area (TPSA) is 27.7 Å². The Kier molecular flexibility index (Phi) is 2.27. The molecule has 1 aliphatic heterocycles. The highest BCUT2D eigenvalue weighted by atomic mass is 16.9. The van der Waals surface area contributed by atoms with Crippen molar-refractivity contribution in [1.29, 1.82) is 0 Å². The van der Waals surface area contributed by atoms with Crippen LogP contribution in [0.15, 0.2) is 30.5 Å². The fourth-order valence-corrected chi connectivity index (χ4v) is 1.58. The van der Waals surface area contributed by atoms with E-state index in [9.17, 15) is 0 Å². The largest absolute Gasteiger partial charge is 0.443 e. The van der Waals surface area contributed by atoms with E-state index >= 15 is 0 Å². The summed E-state index contributed by atoms with van der Waals surface area (Å²) >= 11 is 0. The summed E-state index contributed by atoms with van der Waals surface area (Å²) in [7, 11) is 3.11. The molecule has 0 saturated carbocycles. The SMILES string of the molecule is COC1(OC)OC=Cc2ccccc21. The van der Waals surface area contributed by atoms with Crippen LogP contribution in [0.1, 0.15) is 11.1 Å². The minimum Gasteiger partial charge on any atom is -0.443 e. The summed E-state index contributed by atoms with van der Waals surface area (Å²) in [5, 5.41) is 0.